The fourth-order valence-corrected chi connectivity index (χ4v) is 2.96. The maximum Gasteiger partial charge on any atom is 0.416 e. The minimum absolute atomic E-state index is 0.234. The van der Waals surface area contributed by atoms with Crippen LogP contribution < -0.4 is 5.73 Å². The summed E-state index contributed by atoms with van der Waals surface area (Å²) in [7, 11) is 0. The highest BCUT2D eigenvalue weighted by Gasteiger charge is 2.35. The monoisotopic (exact) mass is 286 g/mol. The van der Waals surface area contributed by atoms with Crippen LogP contribution in [-0.2, 0) is 6.18 Å². The summed E-state index contributed by atoms with van der Waals surface area (Å²) in [5.41, 5.74) is 5.53. The predicted molar refractivity (Wildman–Crippen MR) is 73.2 cm³/mol. The molecule has 1 aliphatic heterocycles. The van der Waals surface area contributed by atoms with E-state index in [-0.39, 0.29) is 6.04 Å². The van der Waals surface area contributed by atoms with Crippen LogP contribution in [-0.4, -0.2) is 24.5 Å². The predicted octanol–water partition coefficient (Wildman–Crippen LogP) is 3.44. The van der Waals surface area contributed by atoms with Gasteiger partial charge in [-0.1, -0.05) is 18.2 Å². The largest absolute Gasteiger partial charge is 0.416 e. The van der Waals surface area contributed by atoms with E-state index in [1.165, 1.54) is 6.07 Å². The van der Waals surface area contributed by atoms with Gasteiger partial charge in [0.1, 0.15) is 0 Å². The molecule has 0 spiro atoms. The van der Waals surface area contributed by atoms with Gasteiger partial charge in [0.25, 0.3) is 0 Å². The molecule has 1 aromatic carbocycles. The lowest BCUT2D eigenvalue weighted by Gasteiger charge is -2.37. The van der Waals surface area contributed by atoms with Crippen molar-refractivity contribution >= 4 is 0 Å². The topological polar surface area (TPSA) is 29.3 Å². The van der Waals surface area contributed by atoms with E-state index in [0.717, 1.165) is 32.0 Å². The van der Waals surface area contributed by atoms with Gasteiger partial charge >= 0.3 is 6.18 Å². The molecular formula is C15H21F3N2. The van der Waals surface area contributed by atoms with E-state index in [9.17, 15) is 13.2 Å². The number of piperidine rings is 1. The fourth-order valence-electron chi connectivity index (χ4n) is 2.96. The Balaban J connectivity index is 2.23. The van der Waals surface area contributed by atoms with Crippen molar-refractivity contribution in [2.45, 2.75) is 32.0 Å². The molecule has 2 rings (SSSR count). The average Bonchev–Trinajstić information content (AvgIpc) is 2.45. The van der Waals surface area contributed by atoms with Gasteiger partial charge in [0, 0.05) is 12.6 Å². The highest BCUT2D eigenvalue weighted by Crippen LogP contribution is 2.37. The minimum atomic E-state index is -4.30. The van der Waals surface area contributed by atoms with Crippen LogP contribution in [0.4, 0.5) is 13.2 Å². The molecule has 0 radical (unpaired) electrons. The third kappa shape index (κ3) is 3.33. The van der Waals surface area contributed by atoms with E-state index in [4.69, 9.17) is 5.73 Å². The molecule has 1 aromatic rings. The average molecular weight is 286 g/mol. The first kappa shape index (κ1) is 15.3. The van der Waals surface area contributed by atoms with Crippen LogP contribution in [0.5, 0.6) is 0 Å². The Kier molecular flexibility index (Phi) is 4.70. The van der Waals surface area contributed by atoms with Crippen LogP contribution in [0.3, 0.4) is 0 Å². The van der Waals surface area contributed by atoms with Crippen LogP contribution >= 0.6 is 0 Å². The molecule has 0 aliphatic carbocycles. The molecule has 2 N–H and O–H groups in total. The summed E-state index contributed by atoms with van der Waals surface area (Å²) in [6, 6.07) is 5.63. The molecule has 0 saturated carbocycles. The van der Waals surface area contributed by atoms with E-state index >= 15 is 0 Å². The molecule has 1 fully saturated rings. The molecular weight excluding hydrogens is 265 g/mol. The lowest BCUT2D eigenvalue weighted by atomic mass is 9.93. The number of halogens is 3. The minimum Gasteiger partial charge on any atom is -0.330 e. The normalized spacial score (nSPS) is 22.8. The lowest BCUT2D eigenvalue weighted by molar-refractivity contribution is -0.138. The van der Waals surface area contributed by atoms with Gasteiger partial charge in [-0.2, -0.15) is 13.2 Å². The molecule has 0 bridgehead atoms. The summed E-state index contributed by atoms with van der Waals surface area (Å²) >= 11 is 0. The molecule has 1 saturated heterocycles. The number of alkyl halides is 3. The molecule has 5 heteroatoms. The number of benzene rings is 1. The van der Waals surface area contributed by atoms with Crippen molar-refractivity contribution in [3.8, 4) is 0 Å². The van der Waals surface area contributed by atoms with Gasteiger partial charge in [0.2, 0.25) is 0 Å². The molecule has 2 nitrogen and oxygen atoms in total. The fraction of sp³-hybridized carbons (Fsp3) is 0.600. The van der Waals surface area contributed by atoms with E-state index in [2.05, 4.69) is 4.90 Å². The van der Waals surface area contributed by atoms with Crippen LogP contribution in [0.2, 0.25) is 0 Å². The Morgan fingerprint density at radius 2 is 2.05 bits per heavy atom. The molecule has 112 valence electrons. The number of hydrogen-bond donors (Lipinski definition) is 1. The SMILES string of the molecule is CC(c1ccccc1C(F)(F)F)N1CCCC(CN)C1. The summed E-state index contributed by atoms with van der Waals surface area (Å²) < 4.78 is 39.2. The quantitative estimate of drug-likeness (QED) is 0.922. The van der Waals surface area contributed by atoms with Gasteiger partial charge in [-0.05, 0) is 50.4 Å². The van der Waals surface area contributed by atoms with Crippen molar-refractivity contribution in [3.63, 3.8) is 0 Å². The lowest BCUT2D eigenvalue weighted by Crippen LogP contribution is -2.40. The molecule has 1 heterocycles. The molecule has 0 amide bonds. The molecule has 2 atom stereocenters. The Hall–Kier alpha value is -1.07. The van der Waals surface area contributed by atoms with Gasteiger partial charge in [-0.3, -0.25) is 4.90 Å². The third-order valence-corrected chi connectivity index (χ3v) is 4.15. The molecule has 0 aromatic heterocycles. The highest BCUT2D eigenvalue weighted by atomic mass is 19.4. The summed E-state index contributed by atoms with van der Waals surface area (Å²) in [6.45, 7) is 4.07. The molecule has 2 unspecified atom stereocenters. The number of likely N-dealkylation sites (tertiary alicyclic amines) is 1. The smallest absolute Gasteiger partial charge is 0.330 e. The van der Waals surface area contributed by atoms with E-state index < -0.39 is 11.7 Å². The van der Waals surface area contributed by atoms with Gasteiger partial charge in [-0.15, -0.1) is 0 Å². The highest BCUT2D eigenvalue weighted by molar-refractivity contribution is 5.32. The number of rotatable bonds is 3. The first-order chi connectivity index (χ1) is 9.43. The second-order valence-corrected chi connectivity index (χ2v) is 5.50. The van der Waals surface area contributed by atoms with Crippen LogP contribution in [0.25, 0.3) is 0 Å². The van der Waals surface area contributed by atoms with Crippen molar-refractivity contribution in [1.82, 2.24) is 4.90 Å². The zero-order chi connectivity index (χ0) is 14.8. The van der Waals surface area contributed by atoms with Crippen LogP contribution in [0, 0.1) is 5.92 Å². The number of nitrogens with two attached hydrogens (primary N) is 1. The Labute approximate surface area is 117 Å². The maximum atomic E-state index is 13.1. The van der Waals surface area contributed by atoms with E-state index in [1.807, 2.05) is 6.92 Å². The van der Waals surface area contributed by atoms with Crippen molar-refractivity contribution in [3.05, 3.63) is 35.4 Å². The van der Waals surface area contributed by atoms with Gasteiger partial charge < -0.3 is 5.73 Å². The standard InChI is InChI=1S/C15H21F3N2/c1-11(20-8-4-5-12(9-19)10-20)13-6-2-3-7-14(13)15(16,17)18/h2-3,6-7,11-12H,4-5,8-10,19H2,1H3. The number of nitrogens with zero attached hydrogens (tertiary/aromatic N) is 1. The second kappa shape index (κ2) is 6.14. The van der Waals surface area contributed by atoms with Crippen LogP contribution in [0.1, 0.15) is 36.9 Å². The Morgan fingerprint density at radius 1 is 1.35 bits per heavy atom. The van der Waals surface area contributed by atoms with E-state index in [1.54, 1.807) is 12.1 Å². The van der Waals surface area contributed by atoms with E-state index in [0.29, 0.717) is 18.0 Å². The zero-order valence-electron chi connectivity index (χ0n) is 11.7. The summed E-state index contributed by atoms with van der Waals surface area (Å²) in [5, 5.41) is 0. The maximum absolute atomic E-state index is 13.1. The molecule has 20 heavy (non-hydrogen) atoms. The van der Waals surface area contributed by atoms with Crippen molar-refractivity contribution < 1.29 is 13.2 Å². The number of hydrogen-bond acceptors (Lipinski definition) is 2. The summed E-state index contributed by atoms with van der Waals surface area (Å²) in [6.07, 6.45) is -2.23. The summed E-state index contributed by atoms with van der Waals surface area (Å²) in [5.74, 6) is 0.393. The summed E-state index contributed by atoms with van der Waals surface area (Å²) in [4.78, 5) is 2.12. The zero-order valence-corrected chi connectivity index (χ0v) is 11.7. The van der Waals surface area contributed by atoms with Crippen molar-refractivity contribution in [1.29, 1.82) is 0 Å². The first-order valence-electron chi connectivity index (χ1n) is 7.03. The van der Waals surface area contributed by atoms with Gasteiger partial charge in [0.15, 0.2) is 0 Å². The first-order valence-corrected chi connectivity index (χ1v) is 7.03. The van der Waals surface area contributed by atoms with Crippen LogP contribution in [0.15, 0.2) is 24.3 Å². The third-order valence-electron chi connectivity index (χ3n) is 4.15. The Morgan fingerprint density at radius 3 is 2.70 bits per heavy atom. The molecule has 1 aliphatic rings. The van der Waals surface area contributed by atoms with Crippen molar-refractivity contribution in [2.75, 3.05) is 19.6 Å². The second-order valence-electron chi connectivity index (χ2n) is 5.50. The van der Waals surface area contributed by atoms with Crippen molar-refractivity contribution in [2.24, 2.45) is 11.7 Å². The van der Waals surface area contributed by atoms with Gasteiger partial charge in [0.05, 0.1) is 5.56 Å². The Bertz CT molecular complexity index is 445. The van der Waals surface area contributed by atoms with Gasteiger partial charge in [-0.25, -0.2) is 0 Å².